The van der Waals surface area contributed by atoms with Crippen LogP contribution < -0.4 is 15.6 Å². The molecule has 0 radical (unpaired) electrons. The fourth-order valence-electron chi connectivity index (χ4n) is 3.94. The van der Waals surface area contributed by atoms with Crippen LogP contribution in [0.5, 0.6) is 0 Å². The molecule has 2 atom stereocenters. The monoisotopic (exact) mass is 434 g/mol. The Hall–Kier alpha value is -3.52. The molecule has 2 heterocycles. The van der Waals surface area contributed by atoms with Gasteiger partial charge < -0.3 is 10.1 Å². The highest BCUT2D eigenvalue weighted by atomic mass is 16.6. The van der Waals surface area contributed by atoms with E-state index in [2.05, 4.69) is 15.8 Å². The first kappa shape index (κ1) is 21.7. The van der Waals surface area contributed by atoms with E-state index in [9.17, 15) is 14.4 Å². The van der Waals surface area contributed by atoms with Gasteiger partial charge in [0.05, 0.1) is 17.4 Å². The van der Waals surface area contributed by atoms with E-state index in [1.807, 2.05) is 37.3 Å². The standard InChI is InChI=1S/C24H26N4O4/c1-16-14-21(29)26-27-22(16)18-9-11-19(12-10-18)28(23(30)20-8-5-13-25-20)24(31)32-15-17-6-3-2-4-7-17/h2-4,6-7,9-12,16,20,25H,5,8,13-15H2,1H3,(H,26,29)/t16?,20-/m0/s1. The van der Waals surface area contributed by atoms with E-state index in [4.69, 9.17) is 4.74 Å². The minimum atomic E-state index is -0.712. The van der Waals surface area contributed by atoms with Gasteiger partial charge >= 0.3 is 6.09 Å². The van der Waals surface area contributed by atoms with E-state index in [-0.39, 0.29) is 24.3 Å². The maximum atomic E-state index is 13.2. The highest BCUT2D eigenvalue weighted by molar-refractivity contribution is 6.14. The summed E-state index contributed by atoms with van der Waals surface area (Å²) in [4.78, 5) is 38.8. The van der Waals surface area contributed by atoms with Gasteiger partial charge in [0.15, 0.2) is 0 Å². The van der Waals surface area contributed by atoms with Crippen molar-refractivity contribution in [2.75, 3.05) is 11.4 Å². The Balaban J connectivity index is 1.55. The molecule has 0 spiro atoms. The third-order valence-electron chi connectivity index (χ3n) is 5.65. The van der Waals surface area contributed by atoms with E-state index in [1.165, 1.54) is 0 Å². The van der Waals surface area contributed by atoms with Crippen molar-refractivity contribution in [1.29, 1.82) is 0 Å². The fraction of sp³-hybridized carbons (Fsp3) is 0.333. The highest BCUT2D eigenvalue weighted by Gasteiger charge is 2.33. The highest BCUT2D eigenvalue weighted by Crippen LogP contribution is 2.23. The lowest BCUT2D eigenvalue weighted by molar-refractivity contribution is -0.122. The maximum Gasteiger partial charge on any atom is 0.421 e. The van der Waals surface area contributed by atoms with Gasteiger partial charge in [0.1, 0.15) is 6.61 Å². The molecule has 8 nitrogen and oxygen atoms in total. The summed E-state index contributed by atoms with van der Waals surface area (Å²) in [7, 11) is 0. The maximum absolute atomic E-state index is 13.2. The Morgan fingerprint density at radius 3 is 2.53 bits per heavy atom. The van der Waals surface area contributed by atoms with Crippen molar-refractivity contribution < 1.29 is 19.1 Å². The predicted octanol–water partition coefficient (Wildman–Crippen LogP) is 2.97. The second-order valence-electron chi connectivity index (χ2n) is 8.05. The van der Waals surface area contributed by atoms with Crippen LogP contribution in [0.15, 0.2) is 59.7 Å². The van der Waals surface area contributed by atoms with E-state index in [1.54, 1.807) is 24.3 Å². The van der Waals surface area contributed by atoms with E-state index in [0.717, 1.165) is 34.7 Å². The van der Waals surface area contributed by atoms with Gasteiger partial charge in [0, 0.05) is 12.3 Å². The number of imide groups is 1. The van der Waals surface area contributed by atoms with Crippen LogP contribution in [0, 0.1) is 5.92 Å². The number of carbonyl (C=O) groups is 3. The molecular formula is C24H26N4O4. The number of carbonyl (C=O) groups excluding carboxylic acids is 3. The van der Waals surface area contributed by atoms with Crippen molar-refractivity contribution in [2.24, 2.45) is 11.0 Å². The minimum absolute atomic E-state index is 0.0224. The van der Waals surface area contributed by atoms with Crippen molar-refractivity contribution >= 4 is 29.3 Å². The lowest BCUT2D eigenvalue weighted by atomic mass is 9.94. The quantitative estimate of drug-likeness (QED) is 0.754. The molecule has 1 unspecified atom stereocenters. The molecule has 1 fully saturated rings. The van der Waals surface area contributed by atoms with Crippen molar-refractivity contribution in [1.82, 2.24) is 10.7 Å². The van der Waals surface area contributed by atoms with Gasteiger partial charge in [-0.15, -0.1) is 0 Å². The molecule has 2 aromatic rings. The van der Waals surface area contributed by atoms with E-state index >= 15 is 0 Å². The number of nitrogens with zero attached hydrogens (tertiary/aromatic N) is 2. The lowest BCUT2D eigenvalue weighted by Gasteiger charge is -2.24. The molecule has 0 aromatic heterocycles. The first-order chi connectivity index (χ1) is 15.5. The zero-order chi connectivity index (χ0) is 22.5. The average Bonchev–Trinajstić information content (AvgIpc) is 3.34. The molecule has 2 aliphatic rings. The van der Waals surface area contributed by atoms with Gasteiger partial charge in [-0.1, -0.05) is 49.4 Å². The SMILES string of the molecule is CC1CC(=O)NN=C1c1ccc(N(C(=O)OCc2ccccc2)C(=O)[C@@H]2CCCN2)cc1. The summed E-state index contributed by atoms with van der Waals surface area (Å²) in [6, 6.07) is 15.9. The second kappa shape index (κ2) is 9.74. The number of benzene rings is 2. The largest absolute Gasteiger partial charge is 0.444 e. The molecule has 2 N–H and O–H groups in total. The van der Waals surface area contributed by atoms with Gasteiger partial charge in [0.25, 0.3) is 5.91 Å². The summed E-state index contributed by atoms with van der Waals surface area (Å²) in [5, 5.41) is 7.32. The van der Waals surface area contributed by atoms with Crippen LogP contribution in [-0.4, -0.2) is 36.2 Å². The van der Waals surface area contributed by atoms with Crippen LogP contribution >= 0.6 is 0 Å². The van der Waals surface area contributed by atoms with Gasteiger partial charge in [-0.2, -0.15) is 5.10 Å². The van der Waals surface area contributed by atoms with Crippen molar-refractivity contribution in [2.45, 2.75) is 38.8 Å². The van der Waals surface area contributed by atoms with Gasteiger partial charge in [-0.05, 0) is 42.6 Å². The number of hydrogen-bond donors (Lipinski definition) is 2. The molecule has 0 aliphatic carbocycles. The Kier molecular flexibility index (Phi) is 6.61. The molecule has 166 valence electrons. The molecule has 8 heteroatoms. The molecule has 32 heavy (non-hydrogen) atoms. The van der Waals surface area contributed by atoms with Crippen LogP contribution in [-0.2, 0) is 20.9 Å². The molecule has 1 saturated heterocycles. The van der Waals surface area contributed by atoms with Gasteiger partial charge in [0.2, 0.25) is 5.91 Å². The number of amides is 3. The Bertz CT molecular complexity index is 1010. The van der Waals surface area contributed by atoms with Crippen molar-refractivity contribution in [3.63, 3.8) is 0 Å². The molecular weight excluding hydrogens is 408 g/mol. The van der Waals surface area contributed by atoms with Crippen LogP contribution in [0.3, 0.4) is 0 Å². The normalized spacial score (nSPS) is 20.3. The fourth-order valence-corrected chi connectivity index (χ4v) is 3.94. The van der Waals surface area contributed by atoms with Crippen LogP contribution in [0.1, 0.15) is 37.3 Å². The van der Waals surface area contributed by atoms with E-state index in [0.29, 0.717) is 18.5 Å². The smallest absolute Gasteiger partial charge is 0.421 e. The van der Waals surface area contributed by atoms with Gasteiger partial charge in [-0.3, -0.25) is 9.59 Å². The Morgan fingerprint density at radius 1 is 1.12 bits per heavy atom. The molecule has 3 amide bonds. The van der Waals surface area contributed by atoms with Crippen LogP contribution in [0.4, 0.5) is 10.5 Å². The molecule has 2 aromatic carbocycles. The number of nitrogens with one attached hydrogen (secondary N) is 2. The Morgan fingerprint density at radius 2 is 1.88 bits per heavy atom. The summed E-state index contributed by atoms with van der Waals surface area (Å²) < 4.78 is 5.47. The Labute approximate surface area is 186 Å². The summed E-state index contributed by atoms with van der Waals surface area (Å²) in [5.74, 6) is -0.463. The van der Waals surface area contributed by atoms with Crippen LogP contribution in [0.2, 0.25) is 0 Å². The zero-order valence-corrected chi connectivity index (χ0v) is 17.9. The molecule has 0 saturated carbocycles. The zero-order valence-electron chi connectivity index (χ0n) is 17.9. The van der Waals surface area contributed by atoms with Crippen LogP contribution in [0.25, 0.3) is 0 Å². The number of hydrogen-bond acceptors (Lipinski definition) is 6. The summed E-state index contributed by atoms with van der Waals surface area (Å²) in [5.41, 5.74) is 5.36. The van der Waals surface area contributed by atoms with Crippen molar-refractivity contribution in [3.8, 4) is 0 Å². The third kappa shape index (κ3) is 4.86. The topological polar surface area (TPSA) is 100 Å². The van der Waals surface area contributed by atoms with E-state index < -0.39 is 12.1 Å². The first-order valence-electron chi connectivity index (χ1n) is 10.8. The summed E-state index contributed by atoms with van der Waals surface area (Å²) >= 11 is 0. The molecule has 0 bridgehead atoms. The van der Waals surface area contributed by atoms with Gasteiger partial charge in [-0.25, -0.2) is 15.1 Å². The number of anilines is 1. The lowest BCUT2D eigenvalue weighted by Crippen LogP contribution is -2.47. The number of rotatable bonds is 5. The third-order valence-corrected chi connectivity index (χ3v) is 5.65. The second-order valence-corrected chi connectivity index (χ2v) is 8.05. The van der Waals surface area contributed by atoms with Crippen molar-refractivity contribution in [3.05, 3.63) is 65.7 Å². The average molecular weight is 434 g/mol. The molecule has 4 rings (SSSR count). The summed E-state index contributed by atoms with van der Waals surface area (Å²) in [6.07, 6.45) is 1.21. The molecule has 2 aliphatic heterocycles. The number of ether oxygens (including phenoxy) is 1. The summed E-state index contributed by atoms with van der Waals surface area (Å²) in [6.45, 7) is 2.76. The first-order valence-corrected chi connectivity index (χ1v) is 10.8. The minimum Gasteiger partial charge on any atom is -0.444 e. The number of hydrazone groups is 1. The predicted molar refractivity (Wildman–Crippen MR) is 120 cm³/mol.